The molecule has 3 nitrogen and oxygen atoms in total. The van der Waals surface area contributed by atoms with Crippen LogP contribution in [0.4, 0.5) is 0 Å². The molecular weight excluding hydrogens is 166 g/mol. The Balaban J connectivity index is 2.37. The number of Topliss-reactive ketones (excluding diaryl/α,β-unsaturated/α-hetero) is 1. The van der Waals surface area contributed by atoms with Crippen molar-refractivity contribution in [2.24, 2.45) is 0 Å². The maximum absolute atomic E-state index is 11.2. The molecule has 0 radical (unpaired) electrons. The molecule has 13 heavy (non-hydrogen) atoms. The van der Waals surface area contributed by atoms with Crippen LogP contribution < -0.4 is 0 Å². The Morgan fingerprint density at radius 2 is 2.38 bits per heavy atom. The molecule has 1 heterocycles. The highest BCUT2D eigenvalue weighted by atomic mass is 16.3. The summed E-state index contributed by atoms with van der Waals surface area (Å²) in [6, 6.07) is 3.69. The topological polar surface area (TPSA) is 50.2 Å². The monoisotopic (exact) mass is 179 g/mol. The zero-order valence-electron chi connectivity index (χ0n) is 7.44. The van der Waals surface area contributed by atoms with Gasteiger partial charge in [-0.1, -0.05) is 6.07 Å². The van der Waals surface area contributed by atoms with E-state index in [-0.39, 0.29) is 12.4 Å². The Hall–Kier alpha value is -1.22. The van der Waals surface area contributed by atoms with Crippen LogP contribution in [0.25, 0.3) is 0 Å². The Bertz CT molecular complexity index is 259. The van der Waals surface area contributed by atoms with Crippen LogP contribution in [0.15, 0.2) is 24.5 Å². The van der Waals surface area contributed by atoms with Gasteiger partial charge in [0.05, 0.1) is 0 Å². The fraction of sp³-hybridized carbons (Fsp3) is 0.400. The van der Waals surface area contributed by atoms with E-state index in [4.69, 9.17) is 5.11 Å². The molecule has 0 aliphatic carbocycles. The number of ketones is 1. The van der Waals surface area contributed by atoms with Gasteiger partial charge in [-0.05, 0) is 18.1 Å². The van der Waals surface area contributed by atoms with Crippen LogP contribution in [0.5, 0.6) is 0 Å². The van der Waals surface area contributed by atoms with Crippen LogP contribution in [-0.2, 0) is 11.2 Å². The molecule has 0 aliphatic rings. The van der Waals surface area contributed by atoms with Crippen molar-refractivity contribution in [3.63, 3.8) is 0 Å². The fourth-order valence-corrected chi connectivity index (χ4v) is 1.09. The normalized spacial score (nSPS) is 9.92. The molecular formula is C10H13NO2. The van der Waals surface area contributed by atoms with Gasteiger partial charge in [0, 0.05) is 31.8 Å². The molecule has 0 saturated carbocycles. The minimum Gasteiger partial charge on any atom is -0.396 e. The fourth-order valence-electron chi connectivity index (χ4n) is 1.09. The van der Waals surface area contributed by atoms with E-state index in [2.05, 4.69) is 4.98 Å². The van der Waals surface area contributed by atoms with Crippen LogP contribution in [0, 0.1) is 0 Å². The molecule has 0 bridgehead atoms. The largest absolute Gasteiger partial charge is 0.396 e. The van der Waals surface area contributed by atoms with E-state index in [1.165, 1.54) is 0 Å². The maximum atomic E-state index is 11.2. The van der Waals surface area contributed by atoms with Gasteiger partial charge in [-0.3, -0.25) is 9.78 Å². The van der Waals surface area contributed by atoms with Crippen molar-refractivity contribution in [3.05, 3.63) is 30.1 Å². The van der Waals surface area contributed by atoms with Crippen LogP contribution in [0.1, 0.15) is 18.4 Å². The average molecular weight is 179 g/mol. The van der Waals surface area contributed by atoms with E-state index in [1.807, 2.05) is 12.1 Å². The van der Waals surface area contributed by atoms with Crippen molar-refractivity contribution in [2.75, 3.05) is 6.61 Å². The lowest BCUT2D eigenvalue weighted by Crippen LogP contribution is -2.03. The predicted octanol–water partition coefficient (Wildman–Crippen LogP) is 0.966. The zero-order chi connectivity index (χ0) is 9.52. The SMILES string of the molecule is O=C(CCCO)Cc1cccnc1. The molecule has 0 spiro atoms. The minimum absolute atomic E-state index is 0.0821. The number of aromatic nitrogens is 1. The Morgan fingerprint density at radius 1 is 1.54 bits per heavy atom. The van der Waals surface area contributed by atoms with E-state index >= 15 is 0 Å². The second-order valence-electron chi connectivity index (χ2n) is 2.90. The molecule has 3 heteroatoms. The highest BCUT2D eigenvalue weighted by Crippen LogP contribution is 2.01. The van der Waals surface area contributed by atoms with E-state index in [9.17, 15) is 4.79 Å². The number of carbonyl (C=O) groups is 1. The summed E-state index contributed by atoms with van der Waals surface area (Å²) in [4.78, 5) is 15.1. The Morgan fingerprint density at radius 3 is 3.00 bits per heavy atom. The first-order chi connectivity index (χ1) is 6.33. The molecule has 0 aliphatic heterocycles. The third kappa shape index (κ3) is 3.80. The first-order valence-electron chi connectivity index (χ1n) is 4.34. The maximum Gasteiger partial charge on any atom is 0.137 e. The van der Waals surface area contributed by atoms with Crippen LogP contribution in [-0.4, -0.2) is 22.5 Å². The summed E-state index contributed by atoms with van der Waals surface area (Å²) in [7, 11) is 0. The summed E-state index contributed by atoms with van der Waals surface area (Å²) in [6.45, 7) is 0.0821. The van der Waals surface area contributed by atoms with E-state index in [0.29, 0.717) is 19.3 Å². The molecule has 0 atom stereocenters. The number of hydrogen-bond acceptors (Lipinski definition) is 3. The average Bonchev–Trinajstić information content (AvgIpc) is 2.16. The molecule has 1 aromatic heterocycles. The van der Waals surface area contributed by atoms with Gasteiger partial charge in [0.25, 0.3) is 0 Å². The number of aliphatic hydroxyl groups excluding tert-OH is 1. The first kappa shape index (κ1) is 9.86. The lowest BCUT2D eigenvalue weighted by molar-refractivity contribution is -0.118. The third-order valence-corrected chi connectivity index (χ3v) is 1.74. The van der Waals surface area contributed by atoms with Crippen molar-refractivity contribution in [1.29, 1.82) is 0 Å². The summed E-state index contributed by atoms with van der Waals surface area (Å²) in [5.74, 6) is 0.155. The summed E-state index contributed by atoms with van der Waals surface area (Å²) < 4.78 is 0. The molecule has 70 valence electrons. The molecule has 0 saturated heterocycles. The quantitative estimate of drug-likeness (QED) is 0.732. The van der Waals surface area contributed by atoms with Crippen molar-refractivity contribution in [1.82, 2.24) is 4.98 Å². The lowest BCUT2D eigenvalue weighted by Gasteiger charge is -1.98. The van der Waals surface area contributed by atoms with E-state index < -0.39 is 0 Å². The first-order valence-corrected chi connectivity index (χ1v) is 4.34. The number of hydrogen-bond donors (Lipinski definition) is 1. The van der Waals surface area contributed by atoms with Crippen LogP contribution >= 0.6 is 0 Å². The zero-order valence-corrected chi connectivity index (χ0v) is 7.44. The molecule has 1 N–H and O–H groups in total. The Labute approximate surface area is 77.4 Å². The standard InChI is InChI=1S/C10H13NO2/c12-6-2-4-10(13)7-9-3-1-5-11-8-9/h1,3,5,8,12H,2,4,6-7H2. The molecule has 0 amide bonds. The van der Waals surface area contributed by atoms with Gasteiger partial charge in [-0.15, -0.1) is 0 Å². The van der Waals surface area contributed by atoms with Gasteiger partial charge in [0.1, 0.15) is 5.78 Å². The number of pyridine rings is 1. The highest BCUT2D eigenvalue weighted by Gasteiger charge is 2.02. The molecule has 1 rings (SSSR count). The predicted molar refractivity (Wildman–Crippen MR) is 49.3 cm³/mol. The second kappa shape index (κ2) is 5.43. The molecule has 0 fully saturated rings. The van der Waals surface area contributed by atoms with Crippen molar-refractivity contribution in [2.45, 2.75) is 19.3 Å². The summed E-state index contributed by atoms with van der Waals surface area (Å²) >= 11 is 0. The van der Waals surface area contributed by atoms with Crippen molar-refractivity contribution < 1.29 is 9.90 Å². The van der Waals surface area contributed by atoms with Gasteiger partial charge in [0.2, 0.25) is 0 Å². The van der Waals surface area contributed by atoms with Gasteiger partial charge < -0.3 is 5.11 Å². The van der Waals surface area contributed by atoms with Gasteiger partial charge in [-0.2, -0.15) is 0 Å². The summed E-state index contributed by atoms with van der Waals surface area (Å²) in [5, 5.41) is 8.52. The van der Waals surface area contributed by atoms with Gasteiger partial charge in [0.15, 0.2) is 0 Å². The van der Waals surface area contributed by atoms with Crippen molar-refractivity contribution in [3.8, 4) is 0 Å². The second-order valence-corrected chi connectivity index (χ2v) is 2.90. The van der Waals surface area contributed by atoms with Crippen LogP contribution in [0.2, 0.25) is 0 Å². The smallest absolute Gasteiger partial charge is 0.137 e. The summed E-state index contributed by atoms with van der Waals surface area (Å²) in [5.41, 5.74) is 0.936. The number of aliphatic hydroxyl groups is 1. The highest BCUT2D eigenvalue weighted by molar-refractivity contribution is 5.80. The van der Waals surface area contributed by atoms with E-state index in [0.717, 1.165) is 5.56 Å². The Kier molecular flexibility index (Phi) is 4.12. The molecule has 0 unspecified atom stereocenters. The van der Waals surface area contributed by atoms with E-state index in [1.54, 1.807) is 12.4 Å². The number of rotatable bonds is 5. The minimum atomic E-state index is 0.0821. The van der Waals surface area contributed by atoms with Crippen LogP contribution in [0.3, 0.4) is 0 Å². The van der Waals surface area contributed by atoms with Gasteiger partial charge >= 0.3 is 0 Å². The molecule has 0 aromatic carbocycles. The third-order valence-electron chi connectivity index (χ3n) is 1.74. The number of carbonyl (C=O) groups excluding carboxylic acids is 1. The lowest BCUT2D eigenvalue weighted by atomic mass is 10.1. The van der Waals surface area contributed by atoms with Gasteiger partial charge in [-0.25, -0.2) is 0 Å². The number of nitrogens with zero attached hydrogens (tertiary/aromatic N) is 1. The summed E-state index contributed by atoms with van der Waals surface area (Å²) in [6.07, 6.45) is 4.80. The molecule has 1 aromatic rings. The van der Waals surface area contributed by atoms with Crippen molar-refractivity contribution >= 4 is 5.78 Å².